The van der Waals surface area contributed by atoms with Crippen LogP contribution in [0.1, 0.15) is 0 Å². The highest BCUT2D eigenvalue weighted by atomic mass is 16.5. The Morgan fingerprint density at radius 3 is 1.63 bits per heavy atom. The van der Waals surface area contributed by atoms with Gasteiger partial charge in [-0.15, -0.1) is 0 Å². The van der Waals surface area contributed by atoms with Gasteiger partial charge in [0.2, 0.25) is 0 Å². The molecule has 8 rings (SSSR count). The lowest BCUT2D eigenvalue weighted by Gasteiger charge is -2.10. The van der Waals surface area contributed by atoms with Gasteiger partial charge in [-0.25, -0.2) is 19.9 Å². The summed E-state index contributed by atoms with van der Waals surface area (Å²) in [6.45, 7) is 2.26. The minimum absolute atomic E-state index is 0.512. The zero-order valence-electron chi connectivity index (χ0n) is 30.5. The number of imidazole rings is 2. The lowest BCUT2D eigenvalue weighted by atomic mass is 10.1. The summed E-state index contributed by atoms with van der Waals surface area (Å²) >= 11 is 0. The summed E-state index contributed by atoms with van der Waals surface area (Å²) in [5, 5.41) is 6.54. The molecular formula is C40H42N10O4. The molecule has 0 unspecified atom stereocenters. The Balaban J connectivity index is 0.000000167. The van der Waals surface area contributed by atoms with Crippen LogP contribution in [0.5, 0.6) is 23.0 Å². The van der Waals surface area contributed by atoms with Gasteiger partial charge in [-0.2, -0.15) is 0 Å². The van der Waals surface area contributed by atoms with Crippen LogP contribution >= 0.6 is 0 Å². The number of nitrogens with zero attached hydrogens (tertiary/aromatic N) is 6. The molecule has 0 saturated heterocycles. The van der Waals surface area contributed by atoms with Gasteiger partial charge in [-0.05, 0) is 48.5 Å². The highest BCUT2D eigenvalue weighted by Crippen LogP contribution is 2.38. The van der Waals surface area contributed by atoms with Crippen molar-refractivity contribution in [2.45, 2.75) is 0 Å². The van der Waals surface area contributed by atoms with Gasteiger partial charge in [-0.3, -0.25) is 8.80 Å². The standard InChI is InChI=1S/2C20H21N5O2/c1-26-17-9-5-6-13(18(17)27-2)15-12-25-16-8-4-3-7-14(16)23-19(20(25)24-15)22-11-10-21;1-26-13-7-8-14(18(11-13)27-2)16-12-25-17-6-4-3-5-15(17)23-19(20(25)24-16)22-10-9-21/h3-9,12H,10-11,21H2,1-2H3,(H,22,23);3-8,11-12H,9-10,21H2,1-2H3,(H,22,23). The number of rotatable bonds is 12. The second kappa shape index (κ2) is 15.9. The molecule has 0 radical (unpaired) electrons. The highest BCUT2D eigenvalue weighted by molar-refractivity contribution is 5.86. The Hall–Kier alpha value is -6.64. The van der Waals surface area contributed by atoms with E-state index in [2.05, 4.69) is 10.6 Å². The molecule has 0 bridgehead atoms. The summed E-state index contributed by atoms with van der Waals surface area (Å²) in [6, 6.07) is 27.4. The van der Waals surface area contributed by atoms with E-state index in [0.29, 0.717) is 55.1 Å². The maximum atomic E-state index is 5.65. The average molecular weight is 727 g/mol. The Morgan fingerprint density at radius 2 is 1.11 bits per heavy atom. The number of benzene rings is 4. The molecule has 0 spiro atoms. The van der Waals surface area contributed by atoms with Gasteiger partial charge in [-0.1, -0.05) is 30.3 Å². The molecule has 4 aromatic carbocycles. The summed E-state index contributed by atoms with van der Waals surface area (Å²) in [5.41, 5.74) is 19.8. The number of nitrogens with one attached hydrogen (secondary N) is 2. The van der Waals surface area contributed by atoms with Crippen LogP contribution in [0, 0.1) is 0 Å². The van der Waals surface area contributed by atoms with Gasteiger partial charge in [0, 0.05) is 55.8 Å². The summed E-state index contributed by atoms with van der Waals surface area (Å²) in [7, 11) is 6.52. The Kier molecular flexibility index (Phi) is 10.6. The van der Waals surface area contributed by atoms with E-state index < -0.39 is 0 Å². The van der Waals surface area contributed by atoms with Crippen molar-refractivity contribution in [3.63, 3.8) is 0 Å². The van der Waals surface area contributed by atoms with Crippen LogP contribution in [0.25, 0.3) is 55.9 Å². The maximum absolute atomic E-state index is 5.65. The van der Waals surface area contributed by atoms with E-state index in [1.54, 1.807) is 28.4 Å². The van der Waals surface area contributed by atoms with E-state index in [1.165, 1.54) is 0 Å². The molecule has 276 valence electrons. The third-order valence-electron chi connectivity index (χ3n) is 8.82. The molecule has 14 nitrogen and oxygen atoms in total. The van der Waals surface area contributed by atoms with E-state index in [4.69, 9.17) is 50.4 Å². The number of aromatic nitrogens is 6. The molecule has 0 fully saturated rings. The number of hydrogen-bond acceptors (Lipinski definition) is 12. The Morgan fingerprint density at radius 1 is 0.556 bits per heavy atom. The first-order chi connectivity index (χ1) is 26.5. The molecule has 8 aromatic rings. The first-order valence-corrected chi connectivity index (χ1v) is 17.4. The first-order valence-electron chi connectivity index (χ1n) is 17.4. The topological polar surface area (TPSA) is 173 Å². The van der Waals surface area contributed by atoms with Crippen molar-refractivity contribution in [1.29, 1.82) is 0 Å². The summed E-state index contributed by atoms with van der Waals surface area (Å²) < 4.78 is 25.9. The first kappa shape index (κ1) is 35.7. The number of nitrogens with two attached hydrogens (primary N) is 2. The molecule has 0 aliphatic rings. The summed E-state index contributed by atoms with van der Waals surface area (Å²) in [4.78, 5) is 19.1. The zero-order valence-corrected chi connectivity index (χ0v) is 30.5. The van der Waals surface area contributed by atoms with Crippen LogP contribution in [0.15, 0.2) is 97.3 Å². The van der Waals surface area contributed by atoms with Crippen LogP contribution in [-0.2, 0) is 0 Å². The van der Waals surface area contributed by atoms with Gasteiger partial charge in [0.05, 0.1) is 61.9 Å². The number of methoxy groups -OCH3 is 4. The van der Waals surface area contributed by atoms with E-state index in [0.717, 1.165) is 61.6 Å². The van der Waals surface area contributed by atoms with Crippen LogP contribution in [0.2, 0.25) is 0 Å². The van der Waals surface area contributed by atoms with Crippen LogP contribution in [0.4, 0.5) is 11.6 Å². The van der Waals surface area contributed by atoms with Gasteiger partial charge in [0.15, 0.2) is 34.4 Å². The van der Waals surface area contributed by atoms with Crippen molar-refractivity contribution in [1.82, 2.24) is 28.7 Å². The molecule has 0 aliphatic heterocycles. The van der Waals surface area contributed by atoms with Gasteiger partial charge in [0.25, 0.3) is 0 Å². The predicted octanol–water partition coefficient (Wildman–Crippen LogP) is 5.87. The molecule has 14 heteroatoms. The third-order valence-corrected chi connectivity index (χ3v) is 8.82. The molecule has 0 atom stereocenters. The van der Waals surface area contributed by atoms with E-state index in [1.807, 2.05) is 106 Å². The molecular weight excluding hydrogens is 685 g/mol. The molecule has 0 amide bonds. The van der Waals surface area contributed by atoms with Crippen molar-refractivity contribution < 1.29 is 18.9 Å². The molecule has 4 heterocycles. The highest BCUT2D eigenvalue weighted by Gasteiger charge is 2.18. The Bertz CT molecular complexity index is 2570. The van der Waals surface area contributed by atoms with Gasteiger partial charge >= 0.3 is 0 Å². The fourth-order valence-corrected chi connectivity index (χ4v) is 6.30. The normalized spacial score (nSPS) is 11.1. The van der Waals surface area contributed by atoms with Crippen molar-refractivity contribution in [2.24, 2.45) is 11.5 Å². The van der Waals surface area contributed by atoms with Crippen molar-refractivity contribution in [3.05, 3.63) is 97.3 Å². The Labute approximate surface area is 311 Å². The lowest BCUT2D eigenvalue weighted by Crippen LogP contribution is -2.14. The largest absolute Gasteiger partial charge is 0.497 e. The quantitative estimate of drug-likeness (QED) is 0.118. The number of fused-ring (bicyclic) bond motifs is 6. The molecule has 0 saturated carbocycles. The molecule has 6 N–H and O–H groups in total. The summed E-state index contributed by atoms with van der Waals surface area (Å²) in [6.07, 6.45) is 3.99. The molecule has 4 aromatic heterocycles. The zero-order chi connectivity index (χ0) is 37.6. The number of hydrogen-bond donors (Lipinski definition) is 4. The maximum Gasteiger partial charge on any atom is 0.181 e. The average Bonchev–Trinajstić information content (AvgIpc) is 3.88. The number of para-hydroxylation sites is 5. The van der Waals surface area contributed by atoms with Crippen molar-refractivity contribution >= 4 is 45.0 Å². The van der Waals surface area contributed by atoms with E-state index in [-0.39, 0.29) is 0 Å². The van der Waals surface area contributed by atoms with E-state index >= 15 is 0 Å². The molecule has 0 aliphatic carbocycles. The third kappa shape index (κ3) is 6.83. The van der Waals surface area contributed by atoms with Gasteiger partial charge < -0.3 is 41.0 Å². The summed E-state index contributed by atoms with van der Waals surface area (Å²) in [5.74, 6) is 4.15. The number of anilines is 2. The van der Waals surface area contributed by atoms with Crippen LogP contribution in [0.3, 0.4) is 0 Å². The van der Waals surface area contributed by atoms with Crippen molar-refractivity contribution in [2.75, 3.05) is 65.3 Å². The van der Waals surface area contributed by atoms with Gasteiger partial charge in [0.1, 0.15) is 11.5 Å². The second-order valence-corrected chi connectivity index (χ2v) is 12.1. The smallest absolute Gasteiger partial charge is 0.181 e. The number of ether oxygens (including phenoxy) is 4. The van der Waals surface area contributed by atoms with Crippen molar-refractivity contribution in [3.8, 4) is 45.5 Å². The fourth-order valence-electron chi connectivity index (χ4n) is 6.30. The second-order valence-electron chi connectivity index (χ2n) is 12.1. The minimum Gasteiger partial charge on any atom is -0.497 e. The predicted molar refractivity (Wildman–Crippen MR) is 213 cm³/mol. The molecule has 54 heavy (non-hydrogen) atoms. The SMILES string of the molecule is COc1ccc(-c2cn3c(n2)c(NCCN)nc2ccccc23)c(OC)c1.COc1cccc(-c2cn3c(n2)c(NCCN)nc2ccccc23)c1OC. The van der Waals surface area contributed by atoms with E-state index in [9.17, 15) is 0 Å². The fraction of sp³-hybridized carbons (Fsp3) is 0.200. The lowest BCUT2D eigenvalue weighted by molar-refractivity contribution is 0.356. The van der Waals surface area contributed by atoms with Crippen LogP contribution < -0.4 is 41.0 Å². The van der Waals surface area contributed by atoms with Crippen LogP contribution in [-0.4, -0.2) is 83.4 Å². The monoisotopic (exact) mass is 726 g/mol. The minimum atomic E-state index is 0.512.